The van der Waals surface area contributed by atoms with Gasteiger partial charge in [0.15, 0.2) is 11.6 Å². The molecule has 0 bridgehead atoms. The van der Waals surface area contributed by atoms with E-state index in [0.29, 0.717) is 12.3 Å². The zero-order valence-corrected chi connectivity index (χ0v) is 12.9. The molecule has 0 saturated carbocycles. The van der Waals surface area contributed by atoms with Gasteiger partial charge in [-0.25, -0.2) is 4.39 Å². The van der Waals surface area contributed by atoms with Crippen molar-refractivity contribution in [3.63, 3.8) is 0 Å². The Kier molecular flexibility index (Phi) is 5.67. The largest absolute Gasteiger partial charge is 0.490 e. The van der Waals surface area contributed by atoms with Crippen LogP contribution in [-0.2, 0) is 4.74 Å². The first kappa shape index (κ1) is 15.9. The highest BCUT2D eigenvalue weighted by Crippen LogP contribution is 2.32. The first-order chi connectivity index (χ1) is 10.2. The summed E-state index contributed by atoms with van der Waals surface area (Å²) in [5, 5.41) is 0. The van der Waals surface area contributed by atoms with Crippen LogP contribution in [0, 0.1) is 5.82 Å². The summed E-state index contributed by atoms with van der Waals surface area (Å²) in [6.45, 7) is 6.95. The van der Waals surface area contributed by atoms with Gasteiger partial charge in [-0.2, -0.15) is 0 Å². The molecule has 0 spiro atoms. The summed E-state index contributed by atoms with van der Waals surface area (Å²) in [4.78, 5) is 2.13. The Labute approximate surface area is 126 Å². The average molecular weight is 296 g/mol. The Bertz CT molecular complexity index is 462. The van der Waals surface area contributed by atoms with Gasteiger partial charge in [0.2, 0.25) is 0 Å². The van der Waals surface area contributed by atoms with Crippen LogP contribution in [0.2, 0.25) is 0 Å². The lowest BCUT2D eigenvalue weighted by Gasteiger charge is -2.27. The Balaban J connectivity index is 2.18. The highest BCUT2D eigenvalue weighted by molar-refractivity contribution is 5.70. The highest BCUT2D eigenvalue weighted by atomic mass is 19.1. The Morgan fingerprint density at radius 1 is 1.43 bits per heavy atom. The molecule has 21 heavy (non-hydrogen) atoms. The van der Waals surface area contributed by atoms with Gasteiger partial charge in [-0.15, -0.1) is 0 Å². The summed E-state index contributed by atoms with van der Waals surface area (Å²) in [6, 6.07) is 3.05. The summed E-state index contributed by atoms with van der Waals surface area (Å²) in [5.74, 6) is -0.135. The number of nitrogens with zero attached hydrogens (tertiary/aromatic N) is 1. The van der Waals surface area contributed by atoms with Crippen molar-refractivity contribution in [1.29, 1.82) is 0 Å². The van der Waals surface area contributed by atoms with Gasteiger partial charge in [0, 0.05) is 31.8 Å². The second-order valence-electron chi connectivity index (χ2n) is 5.36. The van der Waals surface area contributed by atoms with Crippen LogP contribution in [0.1, 0.15) is 33.1 Å². The fraction of sp³-hybridized carbons (Fsp3) is 0.625. The zero-order chi connectivity index (χ0) is 15.2. The van der Waals surface area contributed by atoms with Crippen LogP contribution >= 0.6 is 0 Å². The number of halogens is 1. The van der Waals surface area contributed by atoms with Crippen LogP contribution in [-0.4, -0.2) is 32.4 Å². The molecule has 0 aromatic heterocycles. The standard InChI is InChI=1S/C16H25FN2O2/c1-3-7-21-16-10-15(14(18)9-13(16)17)19(4-2)11-12-6-5-8-20-12/h9-10,12H,3-8,11,18H2,1-2H3. The molecule has 1 aliphatic rings. The first-order valence-electron chi connectivity index (χ1n) is 7.74. The Morgan fingerprint density at radius 3 is 2.86 bits per heavy atom. The van der Waals surface area contributed by atoms with Crippen molar-refractivity contribution in [2.75, 3.05) is 36.9 Å². The second kappa shape index (κ2) is 7.50. The van der Waals surface area contributed by atoms with Gasteiger partial charge in [0.25, 0.3) is 0 Å². The number of anilines is 2. The summed E-state index contributed by atoms with van der Waals surface area (Å²) in [7, 11) is 0. The molecule has 1 unspecified atom stereocenters. The lowest BCUT2D eigenvalue weighted by atomic mass is 10.2. The van der Waals surface area contributed by atoms with Gasteiger partial charge in [-0.3, -0.25) is 0 Å². The van der Waals surface area contributed by atoms with Crippen molar-refractivity contribution in [3.05, 3.63) is 17.9 Å². The van der Waals surface area contributed by atoms with E-state index < -0.39 is 5.82 Å². The molecule has 1 atom stereocenters. The predicted octanol–water partition coefficient (Wildman–Crippen LogP) is 3.20. The number of ether oxygens (including phenoxy) is 2. The lowest BCUT2D eigenvalue weighted by molar-refractivity contribution is 0.116. The molecule has 1 fully saturated rings. The molecule has 1 saturated heterocycles. The summed E-state index contributed by atoms with van der Waals surface area (Å²) < 4.78 is 25.0. The molecule has 1 heterocycles. The number of rotatable bonds is 7. The van der Waals surface area contributed by atoms with E-state index in [2.05, 4.69) is 11.8 Å². The predicted molar refractivity (Wildman–Crippen MR) is 83.5 cm³/mol. The van der Waals surface area contributed by atoms with E-state index in [9.17, 15) is 4.39 Å². The number of hydrogen-bond acceptors (Lipinski definition) is 4. The SMILES string of the molecule is CCCOc1cc(N(CC)CC2CCCO2)c(N)cc1F. The normalized spacial score (nSPS) is 18.0. The van der Waals surface area contributed by atoms with Gasteiger partial charge in [-0.05, 0) is 26.2 Å². The van der Waals surface area contributed by atoms with Crippen LogP contribution < -0.4 is 15.4 Å². The van der Waals surface area contributed by atoms with Gasteiger partial charge < -0.3 is 20.1 Å². The highest BCUT2D eigenvalue weighted by Gasteiger charge is 2.21. The van der Waals surface area contributed by atoms with E-state index in [1.807, 2.05) is 6.92 Å². The van der Waals surface area contributed by atoms with E-state index in [4.69, 9.17) is 15.2 Å². The zero-order valence-electron chi connectivity index (χ0n) is 12.9. The van der Waals surface area contributed by atoms with E-state index in [0.717, 1.165) is 44.6 Å². The monoisotopic (exact) mass is 296 g/mol. The quantitative estimate of drug-likeness (QED) is 0.785. The maximum absolute atomic E-state index is 13.9. The summed E-state index contributed by atoms with van der Waals surface area (Å²) in [6.07, 6.45) is 3.24. The van der Waals surface area contributed by atoms with E-state index in [1.165, 1.54) is 6.07 Å². The number of hydrogen-bond donors (Lipinski definition) is 1. The number of nitrogen functional groups attached to an aromatic ring is 1. The maximum Gasteiger partial charge on any atom is 0.167 e. The third-order valence-electron chi connectivity index (χ3n) is 3.71. The Morgan fingerprint density at radius 2 is 2.24 bits per heavy atom. The second-order valence-corrected chi connectivity index (χ2v) is 5.36. The number of benzene rings is 1. The molecule has 118 valence electrons. The summed E-state index contributed by atoms with van der Waals surface area (Å²) >= 11 is 0. The minimum atomic E-state index is -0.405. The molecular formula is C16H25FN2O2. The van der Waals surface area contributed by atoms with Gasteiger partial charge in [-0.1, -0.05) is 6.92 Å². The fourth-order valence-electron chi connectivity index (χ4n) is 2.59. The molecule has 4 nitrogen and oxygen atoms in total. The van der Waals surface area contributed by atoms with E-state index in [1.54, 1.807) is 6.07 Å². The van der Waals surface area contributed by atoms with Gasteiger partial charge >= 0.3 is 0 Å². The van der Waals surface area contributed by atoms with Crippen LogP contribution in [0.15, 0.2) is 12.1 Å². The van der Waals surface area contributed by atoms with Crippen molar-refractivity contribution in [2.45, 2.75) is 39.2 Å². The average Bonchev–Trinajstić information content (AvgIpc) is 2.97. The number of likely N-dealkylation sites (N-methyl/N-ethyl adjacent to an activating group) is 1. The van der Waals surface area contributed by atoms with Crippen molar-refractivity contribution < 1.29 is 13.9 Å². The molecule has 1 aromatic carbocycles. The molecule has 2 N–H and O–H groups in total. The first-order valence-corrected chi connectivity index (χ1v) is 7.74. The molecule has 0 amide bonds. The van der Waals surface area contributed by atoms with Gasteiger partial charge in [0.1, 0.15) is 0 Å². The van der Waals surface area contributed by atoms with Crippen molar-refractivity contribution in [2.24, 2.45) is 0 Å². The Hall–Kier alpha value is -1.49. The van der Waals surface area contributed by atoms with Crippen LogP contribution in [0.5, 0.6) is 5.75 Å². The topological polar surface area (TPSA) is 47.7 Å². The van der Waals surface area contributed by atoms with Crippen LogP contribution in [0.3, 0.4) is 0 Å². The van der Waals surface area contributed by atoms with Crippen molar-refractivity contribution in [3.8, 4) is 5.75 Å². The lowest BCUT2D eigenvalue weighted by Crippen LogP contribution is -2.32. The van der Waals surface area contributed by atoms with Crippen molar-refractivity contribution in [1.82, 2.24) is 0 Å². The summed E-state index contributed by atoms with van der Waals surface area (Å²) in [5.41, 5.74) is 7.25. The minimum absolute atomic E-state index is 0.231. The smallest absolute Gasteiger partial charge is 0.167 e. The van der Waals surface area contributed by atoms with E-state index in [-0.39, 0.29) is 11.9 Å². The van der Waals surface area contributed by atoms with Crippen molar-refractivity contribution >= 4 is 11.4 Å². The van der Waals surface area contributed by atoms with Gasteiger partial charge in [0.05, 0.1) is 24.1 Å². The van der Waals surface area contributed by atoms with Crippen LogP contribution in [0.4, 0.5) is 15.8 Å². The minimum Gasteiger partial charge on any atom is -0.490 e. The van der Waals surface area contributed by atoms with Crippen LogP contribution in [0.25, 0.3) is 0 Å². The third kappa shape index (κ3) is 4.00. The molecule has 1 aliphatic heterocycles. The molecular weight excluding hydrogens is 271 g/mol. The molecule has 0 radical (unpaired) electrons. The molecule has 0 aliphatic carbocycles. The third-order valence-corrected chi connectivity index (χ3v) is 3.71. The fourth-order valence-corrected chi connectivity index (χ4v) is 2.59. The molecule has 1 aromatic rings. The van der Waals surface area contributed by atoms with E-state index >= 15 is 0 Å². The molecule has 5 heteroatoms. The maximum atomic E-state index is 13.9. The molecule has 2 rings (SSSR count). The number of nitrogens with two attached hydrogens (primary N) is 1.